The van der Waals surface area contributed by atoms with Gasteiger partial charge in [0.2, 0.25) is 5.91 Å². The molecule has 0 radical (unpaired) electrons. The number of benzene rings is 1. The Morgan fingerprint density at radius 1 is 1.42 bits per heavy atom. The fraction of sp³-hybridized carbons (Fsp3) is 0.562. The lowest BCUT2D eigenvalue weighted by molar-refractivity contribution is -0.124. The van der Waals surface area contributed by atoms with E-state index >= 15 is 0 Å². The summed E-state index contributed by atoms with van der Waals surface area (Å²) in [5, 5.41) is 6.41. The summed E-state index contributed by atoms with van der Waals surface area (Å²) in [5.74, 6) is 0.154. The predicted octanol–water partition coefficient (Wildman–Crippen LogP) is 2.18. The quantitative estimate of drug-likeness (QED) is 0.871. The van der Waals surface area contributed by atoms with Gasteiger partial charge in [-0.1, -0.05) is 30.7 Å². The molecule has 1 fully saturated rings. The Labute approximate surface area is 115 Å². The Morgan fingerprint density at radius 2 is 2.21 bits per heavy atom. The monoisotopic (exact) mass is 260 g/mol. The summed E-state index contributed by atoms with van der Waals surface area (Å²) in [6, 6.07) is 8.54. The number of piperidine rings is 1. The van der Waals surface area contributed by atoms with Gasteiger partial charge in [0.25, 0.3) is 0 Å². The Morgan fingerprint density at radius 3 is 2.89 bits per heavy atom. The Bertz CT molecular complexity index is 425. The molecule has 2 N–H and O–H groups in total. The molecule has 19 heavy (non-hydrogen) atoms. The SMILES string of the molecule is Cc1ccccc1CC(C)NC(=O)[C@H]1CCCCN1. The minimum Gasteiger partial charge on any atom is -0.352 e. The third kappa shape index (κ3) is 4.06. The van der Waals surface area contributed by atoms with Gasteiger partial charge >= 0.3 is 0 Å². The van der Waals surface area contributed by atoms with E-state index in [1.807, 2.05) is 6.07 Å². The molecule has 2 atom stereocenters. The van der Waals surface area contributed by atoms with Crippen molar-refractivity contribution >= 4 is 5.91 Å². The molecule has 1 aromatic carbocycles. The number of rotatable bonds is 4. The molecule has 1 heterocycles. The Balaban J connectivity index is 1.85. The van der Waals surface area contributed by atoms with Crippen molar-refractivity contribution in [1.29, 1.82) is 0 Å². The summed E-state index contributed by atoms with van der Waals surface area (Å²) in [4.78, 5) is 12.1. The maximum absolute atomic E-state index is 12.1. The Hall–Kier alpha value is -1.35. The molecular weight excluding hydrogens is 236 g/mol. The van der Waals surface area contributed by atoms with Crippen LogP contribution in [0.25, 0.3) is 0 Å². The van der Waals surface area contributed by atoms with E-state index in [1.165, 1.54) is 17.5 Å². The van der Waals surface area contributed by atoms with Crippen LogP contribution in [-0.2, 0) is 11.2 Å². The van der Waals surface area contributed by atoms with Crippen LogP contribution in [0.4, 0.5) is 0 Å². The first-order chi connectivity index (χ1) is 9.16. The van der Waals surface area contributed by atoms with Gasteiger partial charge in [0.1, 0.15) is 0 Å². The van der Waals surface area contributed by atoms with Gasteiger partial charge in [-0.05, 0) is 50.8 Å². The standard InChI is InChI=1S/C16H24N2O/c1-12-7-3-4-8-14(12)11-13(2)18-16(19)15-9-5-6-10-17-15/h3-4,7-8,13,15,17H,5-6,9-11H2,1-2H3,(H,18,19)/t13?,15-/m1/s1. The molecule has 2 rings (SSSR count). The van der Waals surface area contributed by atoms with Crippen LogP contribution in [0, 0.1) is 6.92 Å². The number of amides is 1. The largest absolute Gasteiger partial charge is 0.352 e. The highest BCUT2D eigenvalue weighted by atomic mass is 16.2. The zero-order valence-electron chi connectivity index (χ0n) is 11.9. The smallest absolute Gasteiger partial charge is 0.237 e. The van der Waals surface area contributed by atoms with E-state index < -0.39 is 0 Å². The molecule has 0 spiro atoms. The zero-order valence-corrected chi connectivity index (χ0v) is 11.9. The van der Waals surface area contributed by atoms with Crippen molar-refractivity contribution in [2.75, 3.05) is 6.54 Å². The first-order valence-corrected chi connectivity index (χ1v) is 7.25. The minimum absolute atomic E-state index is 0.00747. The van der Waals surface area contributed by atoms with E-state index in [-0.39, 0.29) is 18.0 Å². The van der Waals surface area contributed by atoms with Crippen LogP contribution >= 0.6 is 0 Å². The lowest BCUT2D eigenvalue weighted by atomic mass is 10.0. The highest BCUT2D eigenvalue weighted by Gasteiger charge is 2.21. The molecule has 0 bridgehead atoms. The summed E-state index contributed by atoms with van der Waals surface area (Å²) >= 11 is 0. The molecule has 1 unspecified atom stereocenters. The summed E-state index contributed by atoms with van der Waals surface area (Å²) in [7, 11) is 0. The third-order valence-corrected chi connectivity index (χ3v) is 3.80. The molecular formula is C16H24N2O. The molecule has 3 heteroatoms. The second-order valence-electron chi connectivity index (χ2n) is 5.54. The summed E-state index contributed by atoms with van der Waals surface area (Å²) in [6.07, 6.45) is 4.19. The highest BCUT2D eigenvalue weighted by molar-refractivity contribution is 5.82. The molecule has 0 saturated carbocycles. The van der Waals surface area contributed by atoms with Crippen molar-refractivity contribution < 1.29 is 4.79 Å². The molecule has 1 saturated heterocycles. The van der Waals surface area contributed by atoms with Gasteiger partial charge in [-0.2, -0.15) is 0 Å². The van der Waals surface area contributed by atoms with Crippen molar-refractivity contribution in [2.45, 2.75) is 51.6 Å². The molecule has 1 amide bonds. The van der Waals surface area contributed by atoms with Crippen molar-refractivity contribution in [3.8, 4) is 0 Å². The topological polar surface area (TPSA) is 41.1 Å². The van der Waals surface area contributed by atoms with Crippen LogP contribution in [0.2, 0.25) is 0 Å². The fourth-order valence-electron chi connectivity index (χ4n) is 2.64. The number of carbonyl (C=O) groups is 1. The van der Waals surface area contributed by atoms with E-state index in [1.54, 1.807) is 0 Å². The van der Waals surface area contributed by atoms with Crippen LogP contribution in [-0.4, -0.2) is 24.5 Å². The molecule has 1 aliphatic rings. The molecule has 3 nitrogen and oxygen atoms in total. The lowest BCUT2D eigenvalue weighted by Crippen LogP contribution is -2.49. The fourth-order valence-corrected chi connectivity index (χ4v) is 2.64. The van der Waals surface area contributed by atoms with E-state index in [4.69, 9.17) is 0 Å². The van der Waals surface area contributed by atoms with Crippen LogP contribution in [0.3, 0.4) is 0 Å². The minimum atomic E-state index is 0.00747. The predicted molar refractivity (Wildman–Crippen MR) is 78.1 cm³/mol. The average molecular weight is 260 g/mol. The van der Waals surface area contributed by atoms with Crippen LogP contribution in [0.5, 0.6) is 0 Å². The molecule has 0 aromatic heterocycles. The first-order valence-electron chi connectivity index (χ1n) is 7.25. The molecule has 1 aromatic rings. The summed E-state index contributed by atoms with van der Waals surface area (Å²) < 4.78 is 0. The number of nitrogens with one attached hydrogen (secondary N) is 2. The summed E-state index contributed by atoms with van der Waals surface area (Å²) in [6.45, 7) is 5.16. The first kappa shape index (κ1) is 14.1. The van der Waals surface area contributed by atoms with Gasteiger partial charge in [-0.3, -0.25) is 4.79 Å². The van der Waals surface area contributed by atoms with E-state index in [0.717, 1.165) is 25.8 Å². The lowest BCUT2D eigenvalue weighted by Gasteiger charge is -2.24. The summed E-state index contributed by atoms with van der Waals surface area (Å²) in [5.41, 5.74) is 2.60. The third-order valence-electron chi connectivity index (χ3n) is 3.80. The van der Waals surface area contributed by atoms with Crippen LogP contribution in [0.1, 0.15) is 37.3 Å². The number of hydrogen-bond donors (Lipinski definition) is 2. The molecule has 0 aliphatic carbocycles. The van der Waals surface area contributed by atoms with Gasteiger partial charge in [-0.25, -0.2) is 0 Å². The highest BCUT2D eigenvalue weighted by Crippen LogP contribution is 2.11. The van der Waals surface area contributed by atoms with Crippen molar-refractivity contribution in [2.24, 2.45) is 0 Å². The van der Waals surface area contributed by atoms with Crippen LogP contribution in [0.15, 0.2) is 24.3 Å². The molecule has 1 aliphatic heterocycles. The number of hydrogen-bond acceptors (Lipinski definition) is 2. The maximum atomic E-state index is 12.1. The van der Waals surface area contributed by atoms with Crippen molar-refractivity contribution in [3.05, 3.63) is 35.4 Å². The van der Waals surface area contributed by atoms with E-state index in [9.17, 15) is 4.79 Å². The second-order valence-corrected chi connectivity index (χ2v) is 5.54. The number of carbonyl (C=O) groups excluding carboxylic acids is 1. The number of aryl methyl sites for hydroxylation is 1. The average Bonchev–Trinajstić information content (AvgIpc) is 2.42. The van der Waals surface area contributed by atoms with Gasteiger partial charge in [-0.15, -0.1) is 0 Å². The normalized spacial score (nSPS) is 20.8. The van der Waals surface area contributed by atoms with Gasteiger partial charge < -0.3 is 10.6 Å². The zero-order chi connectivity index (χ0) is 13.7. The Kier molecular flexibility index (Phi) is 4.97. The van der Waals surface area contributed by atoms with Gasteiger partial charge in [0.05, 0.1) is 6.04 Å². The maximum Gasteiger partial charge on any atom is 0.237 e. The van der Waals surface area contributed by atoms with E-state index in [2.05, 4.69) is 42.7 Å². The molecule has 104 valence electrons. The second kappa shape index (κ2) is 6.71. The van der Waals surface area contributed by atoms with Gasteiger partial charge in [0, 0.05) is 6.04 Å². The van der Waals surface area contributed by atoms with Crippen molar-refractivity contribution in [1.82, 2.24) is 10.6 Å². The van der Waals surface area contributed by atoms with Gasteiger partial charge in [0.15, 0.2) is 0 Å². The van der Waals surface area contributed by atoms with Crippen molar-refractivity contribution in [3.63, 3.8) is 0 Å². The van der Waals surface area contributed by atoms with Crippen LogP contribution < -0.4 is 10.6 Å². The van der Waals surface area contributed by atoms with E-state index in [0.29, 0.717) is 0 Å².